The Morgan fingerprint density at radius 1 is 0.882 bits per heavy atom. The number of alkyl halides is 3. The molecule has 0 bridgehead atoms. The van der Waals surface area contributed by atoms with E-state index >= 15 is 4.39 Å². The van der Waals surface area contributed by atoms with Crippen LogP contribution in [0.1, 0.15) is 30.0 Å². The number of aromatic nitrogens is 1. The van der Waals surface area contributed by atoms with Crippen molar-refractivity contribution in [3.05, 3.63) is 95.2 Å². The lowest BCUT2D eigenvalue weighted by Gasteiger charge is -2.11. The molecular formula is C27H22F5NO. The maximum absolute atomic E-state index is 15.1. The van der Waals surface area contributed by atoms with Gasteiger partial charge < -0.3 is 4.74 Å². The summed E-state index contributed by atoms with van der Waals surface area (Å²) in [5, 5.41) is 1.13. The number of hydrogen-bond acceptors (Lipinski definition) is 2. The van der Waals surface area contributed by atoms with Crippen LogP contribution in [-0.4, -0.2) is 11.6 Å². The smallest absolute Gasteiger partial charge is 0.419 e. The summed E-state index contributed by atoms with van der Waals surface area (Å²) >= 11 is 0. The Bertz CT molecular complexity index is 1300. The van der Waals surface area contributed by atoms with E-state index in [2.05, 4.69) is 4.98 Å². The predicted octanol–water partition coefficient (Wildman–Crippen LogP) is 7.77. The molecule has 0 saturated heterocycles. The summed E-state index contributed by atoms with van der Waals surface area (Å²) in [5.41, 5.74) is 1.05. The molecule has 34 heavy (non-hydrogen) atoms. The van der Waals surface area contributed by atoms with Crippen LogP contribution in [0.15, 0.2) is 66.9 Å². The van der Waals surface area contributed by atoms with Crippen LogP contribution in [0.25, 0.3) is 22.0 Å². The molecule has 1 heterocycles. The van der Waals surface area contributed by atoms with Gasteiger partial charge in [-0.3, -0.25) is 4.98 Å². The quantitative estimate of drug-likeness (QED) is 0.257. The highest BCUT2D eigenvalue weighted by atomic mass is 19.4. The fourth-order valence-electron chi connectivity index (χ4n) is 3.77. The summed E-state index contributed by atoms with van der Waals surface area (Å²) in [5.74, 6) is -1.03. The molecule has 1 aromatic heterocycles. The Morgan fingerprint density at radius 3 is 2.38 bits per heavy atom. The highest BCUT2D eigenvalue weighted by Gasteiger charge is 2.33. The first-order chi connectivity index (χ1) is 16.3. The van der Waals surface area contributed by atoms with Gasteiger partial charge in [0.05, 0.1) is 24.1 Å². The van der Waals surface area contributed by atoms with Crippen molar-refractivity contribution in [2.24, 2.45) is 0 Å². The molecule has 0 fully saturated rings. The highest BCUT2D eigenvalue weighted by molar-refractivity contribution is 5.88. The first-order valence-electron chi connectivity index (χ1n) is 10.9. The van der Waals surface area contributed by atoms with Gasteiger partial charge in [-0.2, -0.15) is 13.2 Å². The summed E-state index contributed by atoms with van der Waals surface area (Å²) < 4.78 is 72.7. The van der Waals surface area contributed by atoms with E-state index in [1.165, 1.54) is 6.07 Å². The molecule has 176 valence electrons. The monoisotopic (exact) mass is 471 g/mol. The third-order valence-electron chi connectivity index (χ3n) is 5.56. The molecule has 0 amide bonds. The standard InChI is InChI=1S/C27H22F5NO/c1-2-13-34-21-9-12-25(33-16-21)20-8-10-22-19(15-20)7-6-18(26(22)29)5-3-17-4-11-23(24(28)14-17)27(30,31)32/h4,6-12,14-16H,2-3,5,13H2,1H3. The third-order valence-corrected chi connectivity index (χ3v) is 5.56. The van der Waals surface area contributed by atoms with Crippen LogP contribution in [0.4, 0.5) is 22.0 Å². The molecule has 4 aromatic rings. The summed E-state index contributed by atoms with van der Waals surface area (Å²) in [6, 6.07) is 15.3. The van der Waals surface area contributed by atoms with Crippen molar-refractivity contribution in [2.45, 2.75) is 32.4 Å². The molecule has 0 aliphatic carbocycles. The van der Waals surface area contributed by atoms with Gasteiger partial charge in [-0.25, -0.2) is 8.78 Å². The number of pyridine rings is 1. The Balaban J connectivity index is 1.51. The fraction of sp³-hybridized carbons (Fsp3) is 0.222. The van der Waals surface area contributed by atoms with E-state index in [0.29, 0.717) is 34.3 Å². The van der Waals surface area contributed by atoms with E-state index in [9.17, 15) is 17.6 Å². The zero-order valence-corrected chi connectivity index (χ0v) is 18.4. The van der Waals surface area contributed by atoms with Crippen LogP contribution in [0, 0.1) is 11.6 Å². The van der Waals surface area contributed by atoms with Gasteiger partial charge in [0, 0.05) is 10.9 Å². The number of aryl methyl sites for hydroxylation is 2. The van der Waals surface area contributed by atoms with Crippen molar-refractivity contribution in [2.75, 3.05) is 6.61 Å². The summed E-state index contributed by atoms with van der Waals surface area (Å²) in [4.78, 5) is 4.42. The second-order valence-electron chi connectivity index (χ2n) is 8.01. The first kappa shape index (κ1) is 23.7. The molecule has 0 aliphatic heterocycles. The van der Waals surface area contributed by atoms with Gasteiger partial charge in [-0.1, -0.05) is 37.3 Å². The van der Waals surface area contributed by atoms with Crippen molar-refractivity contribution in [3.8, 4) is 17.0 Å². The maximum Gasteiger partial charge on any atom is 0.419 e. The molecule has 3 aromatic carbocycles. The van der Waals surface area contributed by atoms with Crippen molar-refractivity contribution >= 4 is 10.8 Å². The Kier molecular flexibility index (Phi) is 6.82. The second kappa shape index (κ2) is 9.79. The molecule has 0 unspecified atom stereocenters. The van der Waals surface area contributed by atoms with Gasteiger partial charge >= 0.3 is 6.18 Å². The van der Waals surface area contributed by atoms with Crippen LogP contribution in [0.5, 0.6) is 5.75 Å². The van der Waals surface area contributed by atoms with Gasteiger partial charge in [-0.15, -0.1) is 0 Å². The molecule has 0 aliphatic rings. The molecule has 4 rings (SSSR count). The van der Waals surface area contributed by atoms with Gasteiger partial charge in [0.2, 0.25) is 0 Å². The van der Waals surface area contributed by atoms with E-state index in [-0.39, 0.29) is 12.8 Å². The number of rotatable bonds is 7. The largest absolute Gasteiger partial charge is 0.492 e. The molecular weight excluding hydrogens is 449 g/mol. The Labute approximate surface area is 194 Å². The van der Waals surface area contributed by atoms with E-state index in [1.807, 2.05) is 25.1 Å². The van der Waals surface area contributed by atoms with Crippen LogP contribution in [-0.2, 0) is 19.0 Å². The lowest BCUT2D eigenvalue weighted by Crippen LogP contribution is -2.08. The van der Waals surface area contributed by atoms with E-state index in [4.69, 9.17) is 4.74 Å². The third kappa shape index (κ3) is 5.19. The fourth-order valence-corrected chi connectivity index (χ4v) is 3.77. The summed E-state index contributed by atoms with van der Waals surface area (Å²) in [7, 11) is 0. The molecule has 0 spiro atoms. The van der Waals surface area contributed by atoms with E-state index < -0.39 is 23.4 Å². The van der Waals surface area contributed by atoms with Crippen molar-refractivity contribution < 1.29 is 26.7 Å². The number of hydrogen-bond donors (Lipinski definition) is 0. The number of nitrogens with zero attached hydrogens (tertiary/aromatic N) is 1. The molecule has 0 saturated carbocycles. The normalized spacial score (nSPS) is 11.7. The van der Waals surface area contributed by atoms with Crippen LogP contribution in [0.3, 0.4) is 0 Å². The number of fused-ring (bicyclic) bond motifs is 1. The van der Waals surface area contributed by atoms with Gasteiger partial charge in [0.1, 0.15) is 17.4 Å². The van der Waals surface area contributed by atoms with Gasteiger partial charge in [0.25, 0.3) is 0 Å². The molecule has 0 atom stereocenters. The topological polar surface area (TPSA) is 22.1 Å². The SMILES string of the molecule is CCCOc1ccc(-c2ccc3c(F)c(CCc4ccc(C(F)(F)F)c(F)c4)ccc3c2)nc1. The first-order valence-corrected chi connectivity index (χ1v) is 10.9. The summed E-state index contributed by atoms with van der Waals surface area (Å²) in [6.07, 6.45) is -1.74. The molecule has 2 nitrogen and oxygen atoms in total. The van der Waals surface area contributed by atoms with Crippen LogP contribution in [0.2, 0.25) is 0 Å². The zero-order chi connectivity index (χ0) is 24.3. The minimum Gasteiger partial charge on any atom is -0.492 e. The number of halogens is 5. The molecule has 0 radical (unpaired) electrons. The van der Waals surface area contributed by atoms with Crippen molar-refractivity contribution in [1.29, 1.82) is 0 Å². The molecule has 7 heteroatoms. The van der Waals surface area contributed by atoms with E-state index in [0.717, 1.165) is 29.8 Å². The van der Waals surface area contributed by atoms with Crippen molar-refractivity contribution in [3.63, 3.8) is 0 Å². The highest BCUT2D eigenvalue weighted by Crippen LogP contribution is 2.32. The molecule has 0 N–H and O–H groups in total. The van der Waals surface area contributed by atoms with Gasteiger partial charge in [0.15, 0.2) is 0 Å². The zero-order valence-electron chi connectivity index (χ0n) is 18.4. The predicted molar refractivity (Wildman–Crippen MR) is 122 cm³/mol. The summed E-state index contributed by atoms with van der Waals surface area (Å²) in [6.45, 7) is 2.64. The average Bonchev–Trinajstić information content (AvgIpc) is 2.81. The lowest BCUT2D eigenvalue weighted by atomic mass is 9.98. The minimum absolute atomic E-state index is 0.214. The number of ether oxygens (including phenoxy) is 1. The maximum atomic E-state index is 15.1. The minimum atomic E-state index is -4.74. The van der Waals surface area contributed by atoms with Crippen molar-refractivity contribution in [1.82, 2.24) is 4.98 Å². The average molecular weight is 471 g/mol. The Morgan fingerprint density at radius 2 is 1.71 bits per heavy atom. The number of benzene rings is 3. The lowest BCUT2D eigenvalue weighted by molar-refractivity contribution is -0.140. The van der Waals surface area contributed by atoms with E-state index in [1.54, 1.807) is 30.5 Å². The van der Waals surface area contributed by atoms with Crippen LogP contribution >= 0.6 is 0 Å². The van der Waals surface area contributed by atoms with Gasteiger partial charge in [-0.05, 0) is 66.1 Å². The second-order valence-corrected chi connectivity index (χ2v) is 8.01. The van der Waals surface area contributed by atoms with Crippen LogP contribution < -0.4 is 4.74 Å². The Hall–Kier alpha value is -3.48.